The molecule has 1 spiro atoms. The minimum atomic E-state index is -0.183. The third kappa shape index (κ3) is 1.71. The standard InChI is InChI=1S/C10H18N2O2/c1-14-9(13)12-7-3-5-10(8-12)4-2-6-11-10/h11H,2-8H2,1H3. The van der Waals surface area contributed by atoms with Crippen molar-refractivity contribution in [1.29, 1.82) is 0 Å². The van der Waals surface area contributed by atoms with Gasteiger partial charge in [0, 0.05) is 18.6 Å². The number of hydrogen-bond acceptors (Lipinski definition) is 3. The molecule has 4 nitrogen and oxygen atoms in total. The van der Waals surface area contributed by atoms with Gasteiger partial charge >= 0.3 is 6.09 Å². The quantitative estimate of drug-likeness (QED) is 0.630. The zero-order chi connectivity index (χ0) is 10.0. The minimum Gasteiger partial charge on any atom is -0.453 e. The Morgan fingerprint density at radius 2 is 2.21 bits per heavy atom. The van der Waals surface area contributed by atoms with Crippen molar-refractivity contribution in [3.05, 3.63) is 0 Å². The van der Waals surface area contributed by atoms with Crippen molar-refractivity contribution >= 4 is 6.09 Å². The van der Waals surface area contributed by atoms with Gasteiger partial charge in [-0.1, -0.05) is 0 Å². The third-order valence-electron chi connectivity index (χ3n) is 3.34. The van der Waals surface area contributed by atoms with E-state index < -0.39 is 0 Å². The molecule has 0 aliphatic carbocycles. The highest BCUT2D eigenvalue weighted by molar-refractivity contribution is 5.67. The van der Waals surface area contributed by atoms with Crippen molar-refractivity contribution in [1.82, 2.24) is 10.2 Å². The normalized spacial score (nSPS) is 32.2. The molecule has 4 heteroatoms. The molecule has 0 aromatic carbocycles. The van der Waals surface area contributed by atoms with Gasteiger partial charge in [-0.3, -0.25) is 0 Å². The minimum absolute atomic E-state index is 0.183. The molecule has 0 aromatic heterocycles. The van der Waals surface area contributed by atoms with Crippen LogP contribution < -0.4 is 5.32 Å². The van der Waals surface area contributed by atoms with E-state index in [2.05, 4.69) is 5.32 Å². The molecule has 2 heterocycles. The first-order valence-electron chi connectivity index (χ1n) is 5.34. The summed E-state index contributed by atoms with van der Waals surface area (Å²) in [5, 5.41) is 3.53. The predicted molar refractivity (Wildman–Crippen MR) is 53.2 cm³/mol. The van der Waals surface area contributed by atoms with Crippen molar-refractivity contribution < 1.29 is 9.53 Å². The summed E-state index contributed by atoms with van der Waals surface area (Å²) in [6.45, 7) is 2.75. The van der Waals surface area contributed by atoms with Gasteiger partial charge in [0.15, 0.2) is 0 Å². The Morgan fingerprint density at radius 1 is 1.43 bits per heavy atom. The average Bonchev–Trinajstić information content (AvgIpc) is 2.65. The van der Waals surface area contributed by atoms with Gasteiger partial charge in [0.25, 0.3) is 0 Å². The summed E-state index contributed by atoms with van der Waals surface area (Å²) < 4.78 is 4.75. The fourth-order valence-electron chi connectivity index (χ4n) is 2.63. The van der Waals surface area contributed by atoms with Gasteiger partial charge in [-0.25, -0.2) is 4.79 Å². The molecule has 2 saturated heterocycles. The summed E-state index contributed by atoms with van der Waals surface area (Å²) in [5.74, 6) is 0. The van der Waals surface area contributed by atoms with E-state index in [0.717, 1.165) is 26.1 Å². The van der Waals surface area contributed by atoms with Crippen LogP contribution in [0.15, 0.2) is 0 Å². The van der Waals surface area contributed by atoms with Crippen molar-refractivity contribution in [3.63, 3.8) is 0 Å². The fraction of sp³-hybridized carbons (Fsp3) is 0.900. The molecular weight excluding hydrogens is 180 g/mol. The number of likely N-dealkylation sites (tertiary alicyclic amines) is 1. The van der Waals surface area contributed by atoms with Crippen LogP contribution in [0.1, 0.15) is 25.7 Å². The van der Waals surface area contributed by atoms with Gasteiger partial charge in [0.05, 0.1) is 7.11 Å². The molecule has 80 valence electrons. The van der Waals surface area contributed by atoms with E-state index in [1.165, 1.54) is 26.4 Å². The van der Waals surface area contributed by atoms with Crippen molar-refractivity contribution in [3.8, 4) is 0 Å². The first kappa shape index (κ1) is 9.77. The third-order valence-corrected chi connectivity index (χ3v) is 3.34. The molecule has 1 unspecified atom stereocenters. The molecule has 14 heavy (non-hydrogen) atoms. The van der Waals surface area contributed by atoms with Gasteiger partial charge in [-0.05, 0) is 32.2 Å². The summed E-state index contributed by atoms with van der Waals surface area (Å²) in [6.07, 6.45) is 4.52. The van der Waals surface area contributed by atoms with Crippen LogP contribution in [0.4, 0.5) is 4.79 Å². The number of amides is 1. The van der Waals surface area contributed by atoms with Crippen LogP contribution in [-0.2, 0) is 4.74 Å². The topological polar surface area (TPSA) is 41.6 Å². The lowest BCUT2D eigenvalue weighted by Gasteiger charge is -2.39. The first-order valence-corrected chi connectivity index (χ1v) is 5.34. The molecule has 1 N–H and O–H groups in total. The lowest BCUT2D eigenvalue weighted by molar-refractivity contribution is 0.0893. The number of rotatable bonds is 0. The Kier molecular flexibility index (Phi) is 2.63. The van der Waals surface area contributed by atoms with E-state index in [9.17, 15) is 4.79 Å². The molecule has 0 saturated carbocycles. The Hall–Kier alpha value is -0.770. The molecule has 2 rings (SSSR count). The van der Waals surface area contributed by atoms with Crippen LogP contribution in [-0.4, -0.2) is 43.3 Å². The second kappa shape index (κ2) is 3.77. The van der Waals surface area contributed by atoms with E-state index >= 15 is 0 Å². The highest BCUT2D eigenvalue weighted by Gasteiger charge is 2.39. The number of hydrogen-bond donors (Lipinski definition) is 1. The lowest BCUT2D eigenvalue weighted by atomic mass is 9.88. The Bertz CT molecular complexity index is 224. The van der Waals surface area contributed by atoms with Gasteiger partial charge in [-0.15, -0.1) is 0 Å². The highest BCUT2D eigenvalue weighted by Crippen LogP contribution is 2.29. The summed E-state index contributed by atoms with van der Waals surface area (Å²) in [5.41, 5.74) is 0.201. The number of ether oxygens (including phenoxy) is 1. The predicted octanol–water partition coefficient (Wildman–Crippen LogP) is 0.971. The highest BCUT2D eigenvalue weighted by atomic mass is 16.5. The summed E-state index contributed by atoms with van der Waals surface area (Å²) in [7, 11) is 1.45. The van der Waals surface area contributed by atoms with Crippen molar-refractivity contribution in [2.75, 3.05) is 26.7 Å². The first-order chi connectivity index (χ1) is 6.76. The molecule has 1 amide bonds. The average molecular weight is 198 g/mol. The zero-order valence-corrected chi connectivity index (χ0v) is 8.71. The second-order valence-electron chi connectivity index (χ2n) is 4.31. The lowest BCUT2D eigenvalue weighted by Crippen LogP contribution is -2.55. The van der Waals surface area contributed by atoms with Crippen LogP contribution in [0.25, 0.3) is 0 Å². The smallest absolute Gasteiger partial charge is 0.409 e. The van der Waals surface area contributed by atoms with Crippen molar-refractivity contribution in [2.24, 2.45) is 0 Å². The molecule has 2 aliphatic heterocycles. The fourth-order valence-corrected chi connectivity index (χ4v) is 2.63. The molecule has 2 fully saturated rings. The van der Waals surface area contributed by atoms with Crippen LogP contribution >= 0.6 is 0 Å². The number of methoxy groups -OCH3 is 1. The molecule has 2 aliphatic rings. The van der Waals surface area contributed by atoms with E-state index in [1.807, 2.05) is 4.90 Å². The number of nitrogens with one attached hydrogen (secondary N) is 1. The van der Waals surface area contributed by atoms with Gasteiger partial charge in [0.2, 0.25) is 0 Å². The molecule has 0 radical (unpaired) electrons. The van der Waals surface area contributed by atoms with Gasteiger partial charge in [0.1, 0.15) is 0 Å². The van der Waals surface area contributed by atoms with E-state index in [0.29, 0.717) is 0 Å². The van der Waals surface area contributed by atoms with Crippen LogP contribution in [0.3, 0.4) is 0 Å². The molecule has 0 aromatic rings. The largest absolute Gasteiger partial charge is 0.453 e. The van der Waals surface area contributed by atoms with Gasteiger partial charge < -0.3 is 15.0 Å². The van der Waals surface area contributed by atoms with E-state index in [-0.39, 0.29) is 11.6 Å². The van der Waals surface area contributed by atoms with E-state index in [4.69, 9.17) is 4.74 Å². The van der Waals surface area contributed by atoms with Crippen LogP contribution in [0.5, 0.6) is 0 Å². The van der Waals surface area contributed by atoms with Gasteiger partial charge in [-0.2, -0.15) is 0 Å². The number of carbonyl (C=O) groups excluding carboxylic acids is 1. The second-order valence-corrected chi connectivity index (χ2v) is 4.31. The van der Waals surface area contributed by atoms with Crippen molar-refractivity contribution in [2.45, 2.75) is 31.2 Å². The maximum absolute atomic E-state index is 11.4. The number of piperidine rings is 1. The maximum atomic E-state index is 11.4. The van der Waals surface area contributed by atoms with Crippen LogP contribution in [0, 0.1) is 0 Å². The maximum Gasteiger partial charge on any atom is 0.409 e. The molecule has 1 atom stereocenters. The number of nitrogens with zero attached hydrogens (tertiary/aromatic N) is 1. The molecule has 0 bridgehead atoms. The summed E-state index contributed by atoms with van der Waals surface area (Å²) >= 11 is 0. The number of carbonyl (C=O) groups is 1. The summed E-state index contributed by atoms with van der Waals surface area (Å²) in [6, 6.07) is 0. The Labute approximate surface area is 84.6 Å². The SMILES string of the molecule is COC(=O)N1CCCC2(CCCN2)C1. The monoisotopic (exact) mass is 198 g/mol. The Balaban J connectivity index is 1.99. The molecular formula is C10H18N2O2. The van der Waals surface area contributed by atoms with Crippen LogP contribution in [0.2, 0.25) is 0 Å². The Morgan fingerprint density at radius 3 is 2.86 bits per heavy atom. The van der Waals surface area contributed by atoms with E-state index in [1.54, 1.807) is 0 Å². The zero-order valence-electron chi connectivity index (χ0n) is 8.71. The summed E-state index contributed by atoms with van der Waals surface area (Å²) in [4.78, 5) is 13.2.